The summed E-state index contributed by atoms with van der Waals surface area (Å²) in [6, 6.07) is 10.4. The lowest BCUT2D eigenvalue weighted by Crippen LogP contribution is -2.27. The van der Waals surface area contributed by atoms with Crippen LogP contribution in [0, 0.1) is 0 Å². The molecule has 0 saturated heterocycles. The lowest BCUT2D eigenvalue weighted by Gasteiger charge is -2.19. The van der Waals surface area contributed by atoms with Crippen LogP contribution in [-0.2, 0) is 6.54 Å². The molecular formula is C15H25Cl5N2. The van der Waals surface area contributed by atoms with Crippen LogP contribution in [0.1, 0.15) is 5.56 Å². The van der Waals surface area contributed by atoms with Gasteiger partial charge in [-0.3, -0.25) is 4.90 Å². The first kappa shape index (κ1) is 24.8. The smallest absolute Gasteiger partial charge is 0.0351 e. The quantitative estimate of drug-likeness (QED) is 0.453. The first-order valence-electron chi connectivity index (χ1n) is 6.99. The molecule has 0 saturated carbocycles. The maximum absolute atomic E-state index is 5.71. The van der Waals surface area contributed by atoms with Gasteiger partial charge in [0.25, 0.3) is 0 Å². The van der Waals surface area contributed by atoms with Crippen LogP contribution < -0.4 is 5.32 Å². The van der Waals surface area contributed by atoms with Gasteiger partial charge in [-0.05, 0) is 5.56 Å². The predicted octanol–water partition coefficient (Wildman–Crippen LogP) is 4.44. The number of halogens is 5. The summed E-state index contributed by atoms with van der Waals surface area (Å²) in [5.74, 6) is 2.64. The van der Waals surface area contributed by atoms with Gasteiger partial charge in [-0.2, -0.15) is 0 Å². The number of hydrogen-bond donors (Lipinski definition) is 1. The van der Waals surface area contributed by atoms with Gasteiger partial charge in [-0.25, -0.2) is 0 Å². The molecule has 0 aromatic heterocycles. The Hall–Kier alpha value is 0.590. The SMILES string of the molecule is Cl.ClCCN(CCCl)Cc1ccccc1.ClCCNCCCl. The molecule has 0 spiro atoms. The van der Waals surface area contributed by atoms with E-state index in [2.05, 4.69) is 34.5 Å². The number of nitrogens with one attached hydrogen (secondary N) is 1. The maximum Gasteiger partial charge on any atom is 0.0351 e. The van der Waals surface area contributed by atoms with Crippen LogP contribution in [0.3, 0.4) is 0 Å². The van der Waals surface area contributed by atoms with Crippen molar-refractivity contribution in [1.29, 1.82) is 0 Å². The minimum Gasteiger partial charge on any atom is -0.314 e. The van der Waals surface area contributed by atoms with Crippen molar-refractivity contribution < 1.29 is 0 Å². The third kappa shape index (κ3) is 15.5. The topological polar surface area (TPSA) is 15.3 Å². The molecule has 1 aromatic rings. The average Bonchev–Trinajstić information content (AvgIpc) is 2.50. The van der Waals surface area contributed by atoms with Crippen molar-refractivity contribution in [3.05, 3.63) is 35.9 Å². The van der Waals surface area contributed by atoms with Crippen LogP contribution in [-0.4, -0.2) is 54.6 Å². The van der Waals surface area contributed by atoms with E-state index in [1.807, 2.05) is 6.07 Å². The highest BCUT2D eigenvalue weighted by atomic mass is 35.5. The van der Waals surface area contributed by atoms with Gasteiger partial charge >= 0.3 is 0 Å². The van der Waals surface area contributed by atoms with Crippen molar-refractivity contribution in [3.63, 3.8) is 0 Å². The van der Waals surface area contributed by atoms with Crippen LogP contribution in [0.15, 0.2) is 30.3 Å². The highest BCUT2D eigenvalue weighted by Crippen LogP contribution is 2.04. The molecule has 1 rings (SSSR count). The second-order valence-electron chi connectivity index (χ2n) is 4.27. The molecule has 0 aliphatic heterocycles. The summed E-state index contributed by atoms with van der Waals surface area (Å²) >= 11 is 22.1. The van der Waals surface area contributed by atoms with E-state index >= 15 is 0 Å². The van der Waals surface area contributed by atoms with Crippen LogP contribution in [0.5, 0.6) is 0 Å². The molecule has 7 heteroatoms. The molecule has 0 amide bonds. The first-order valence-corrected chi connectivity index (χ1v) is 9.13. The number of hydrogen-bond acceptors (Lipinski definition) is 2. The van der Waals surface area contributed by atoms with E-state index in [0.717, 1.165) is 32.7 Å². The Morgan fingerprint density at radius 1 is 0.773 bits per heavy atom. The molecular weight excluding hydrogens is 385 g/mol. The van der Waals surface area contributed by atoms with Gasteiger partial charge in [0.2, 0.25) is 0 Å². The number of benzene rings is 1. The molecule has 0 unspecified atom stereocenters. The van der Waals surface area contributed by atoms with Crippen molar-refractivity contribution in [2.45, 2.75) is 6.54 Å². The van der Waals surface area contributed by atoms with E-state index < -0.39 is 0 Å². The summed E-state index contributed by atoms with van der Waals surface area (Å²) in [5.41, 5.74) is 1.31. The average molecular weight is 411 g/mol. The van der Waals surface area contributed by atoms with Crippen LogP contribution >= 0.6 is 58.8 Å². The van der Waals surface area contributed by atoms with Gasteiger partial charge in [0.05, 0.1) is 0 Å². The van der Waals surface area contributed by atoms with E-state index in [1.165, 1.54) is 5.56 Å². The lowest BCUT2D eigenvalue weighted by atomic mass is 10.2. The van der Waals surface area contributed by atoms with E-state index in [4.69, 9.17) is 46.4 Å². The second-order valence-corrected chi connectivity index (χ2v) is 5.78. The molecule has 2 nitrogen and oxygen atoms in total. The highest BCUT2D eigenvalue weighted by molar-refractivity contribution is 6.18. The van der Waals surface area contributed by atoms with Crippen molar-refractivity contribution in [1.82, 2.24) is 10.2 Å². The molecule has 130 valence electrons. The van der Waals surface area contributed by atoms with Crippen molar-refractivity contribution in [2.24, 2.45) is 0 Å². The molecule has 22 heavy (non-hydrogen) atoms. The zero-order valence-corrected chi connectivity index (χ0v) is 16.5. The Morgan fingerprint density at radius 3 is 1.68 bits per heavy atom. The van der Waals surface area contributed by atoms with Gasteiger partial charge in [0.15, 0.2) is 0 Å². The number of nitrogens with zero attached hydrogens (tertiary/aromatic N) is 1. The molecule has 0 radical (unpaired) electrons. The lowest BCUT2D eigenvalue weighted by molar-refractivity contribution is 0.299. The van der Waals surface area contributed by atoms with Gasteiger partial charge in [-0.1, -0.05) is 30.3 Å². The third-order valence-corrected chi connectivity index (χ3v) is 3.31. The molecule has 0 atom stereocenters. The maximum atomic E-state index is 5.71. The van der Waals surface area contributed by atoms with Crippen molar-refractivity contribution in [3.8, 4) is 0 Å². The van der Waals surface area contributed by atoms with Crippen LogP contribution in [0.4, 0.5) is 0 Å². The Labute approximate surface area is 160 Å². The summed E-state index contributed by atoms with van der Waals surface area (Å²) < 4.78 is 0. The van der Waals surface area contributed by atoms with E-state index in [1.54, 1.807) is 0 Å². The number of alkyl halides is 4. The fraction of sp³-hybridized carbons (Fsp3) is 0.600. The Kier molecular flexibility index (Phi) is 22.2. The molecule has 0 aliphatic carbocycles. The number of rotatable bonds is 10. The molecule has 0 fully saturated rings. The van der Waals surface area contributed by atoms with Gasteiger partial charge in [0.1, 0.15) is 0 Å². The normalized spacial score (nSPS) is 9.86. The Bertz CT molecular complexity index is 304. The summed E-state index contributed by atoms with van der Waals surface area (Å²) in [4.78, 5) is 2.26. The van der Waals surface area contributed by atoms with E-state index in [0.29, 0.717) is 23.5 Å². The summed E-state index contributed by atoms with van der Waals surface area (Å²) in [7, 11) is 0. The first-order chi connectivity index (χ1) is 10.3. The fourth-order valence-corrected chi connectivity index (χ4v) is 2.35. The van der Waals surface area contributed by atoms with E-state index in [9.17, 15) is 0 Å². The zero-order chi connectivity index (χ0) is 15.8. The largest absolute Gasteiger partial charge is 0.314 e. The highest BCUT2D eigenvalue weighted by Gasteiger charge is 2.03. The monoisotopic (exact) mass is 408 g/mol. The zero-order valence-electron chi connectivity index (χ0n) is 12.6. The summed E-state index contributed by atoms with van der Waals surface area (Å²) in [5, 5.41) is 3.02. The third-order valence-electron chi connectivity index (χ3n) is 2.59. The van der Waals surface area contributed by atoms with Gasteiger partial charge < -0.3 is 5.32 Å². The molecule has 1 N–H and O–H groups in total. The van der Waals surface area contributed by atoms with Crippen molar-refractivity contribution >= 4 is 58.8 Å². The predicted molar refractivity (Wildman–Crippen MR) is 105 cm³/mol. The summed E-state index contributed by atoms with van der Waals surface area (Å²) in [6.07, 6.45) is 0. The summed E-state index contributed by atoms with van der Waals surface area (Å²) in [6.45, 7) is 4.43. The van der Waals surface area contributed by atoms with E-state index in [-0.39, 0.29) is 12.4 Å². The molecule has 0 bridgehead atoms. The minimum absolute atomic E-state index is 0. The standard InChI is InChI=1S/C11H15Cl2N.C4H9Cl2N.ClH/c12-6-8-14(9-7-13)10-11-4-2-1-3-5-11;5-1-3-7-4-2-6;/h1-5H,6-10H2;7H,1-4H2;1H. The molecule has 0 heterocycles. The minimum atomic E-state index is 0. The Morgan fingerprint density at radius 2 is 1.27 bits per heavy atom. The second kappa shape index (κ2) is 19.6. The van der Waals surface area contributed by atoms with Gasteiger partial charge in [-0.15, -0.1) is 58.8 Å². The van der Waals surface area contributed by atoms with Gasteiger partial charge in [0, 0.05) is 56.2 Å². The Balaban J connectivity index is 0. The fourth-order valence-electron chi connectivity index (χ4n) is 1.61. The van der Waals surface area contributed by atoms with Crippen LogP contribution in [0.25, 0.3) is 0 Å². The van der Waals surface area contributed by atoms with Crippen molar-refractivity contribution in [2.75, 3.05) is 49.7 Å². The van der Waals surface area contributed by atoms with Crippen LogP contribution in [0.2, 0.25) is 0 Å². The molecule has 0 aliphatic rings. The molecule has 1 aromatic carbocycles.